The van der Waals surface area contributed by atoms with Crippen LogP contribution in [0, 0.1) is 6.92 Å². The van der Waals surface area contributed by atoms with Crippen LogP contribution < -0.4 is 10.0 Å². The number of amides is 1. The van der Waals surface area contributed by atoms with E-state index in [4.69, 9.17) is 5.11 Å². The Morgan fingerprint density at radius 3 is 2.48 bits per heavy atom. The fraction of sp³-hybridized carbons (Fsp3) is 0.263. The van der Waals surface area contributed by atoms with Gasteiger partial charge in [0.15, 0.2) is 0 Å². The summed E-state index contributed by atoms with van der Waals surface area (Å²) in [5.41, 5.74) is 1.59. The van der Waals surface area contributed by atoms with Crippen molar-refractivity contribution in [3.63, 3.8) is 0 Å². The molecule has 2 rings (SSSR count). The van der Waals surface area contributed by atoms with Gasteiger partial charge in [-0.1, -0.05) is 18.2 Å². The molecule has 27 heavy (non-hydrogen) atoms. The monoisotopic (exact) mass is 390 g/mol. The molecule has 0 aromatic heterocycles. The van der Waals surface area contributed by atoms with Crippen LogP contribution >= 0.6 is 0 Å². The Labute approximate surface area is 158 Å². The first-order chi connectivity index (χ1) is 12.8. The molecule has 0 unspecified atom stereocenters. The molecule has 1 amide bonds. The van der Waals surface area contributed by atoms with Crippen LogP contribution in [0.15, 0.2) is 53.4 Å². The molecule has 0 aliphatic carbocycles. The van der Waals surface area contributed by atoms with E-state index in [1.54, 1.807) is 18.2 Å². The highest BCUT2D eigenvalue weighted by Crippen LogP contribution is 2.18. The molecule has 7 nitrogen and oxygen atoms in total. The number of benzene rings is 2. The lowest BCUT2D eigenvalue weighted by atomic mass is 10.2. The van der Waals surface area contributed by atoms with Gasteiger partial charge in [0.05, 0.1) is 4.90 Å². The summed E-state index contributed by atoms with van der Waals surface area (Å²) in [4.78, 5) is 22.6. The molecule has 144 valence electrons. The molecule has 0 saturated heterocycles. The van der Waals surface area contributed by atoms with Crippen molar-refractivity contribution < 1.29 is 23.1 Å². The number of aliphatic carboxylic acids is 1. The maximum atomic E-state index is 12.6. The molecule has 0 bridgehead atoms. The Morgan fingerprint density at radius 2 is 1.78 bits per heavy atom. The number of nitrogens with one attached hydrogen (secondary N) is 2. The minimum atomic E-state index is -3.82. The Balaban J connectivity index is 2.03. The number of carboxylic acid groups (broad SMARTS) is 1. The van der Waals surface area contributed by atoms with Gasteiger partial charge >= 0.3 is 5.97 Å². The van der Waals surface area contributed by atoms with E-state index in [-0.39, 0.29) is 16.9 Å². The maximum Gasteiger partial charge on any atom is 0.303 e. The number of hydrogen-bond acceptors (Lipinski definition) is 4. The molecule has 3 N–H and O–H groups in total. The molecule has 0 fully saturated rings. The number of carbonyl (C=O) groups is 2. The largest absolute Gasteiger partial charge is 0.481 e. The van der Waals surface area contributed by atoms with Crippen molar-refractivity contribution in [1.29, 1.82) is 0 Å². The number of carbonyl (C=O) groups excluding carboxylic acids is 1. The number of anilines is 1. The Morgan fingerprint density at radius 1 is 1.04 bits per heavy atom. The predicted octanol–water partition coefficient (Wildman–Crippen LogP) is 2.78. The van der Waals surface area contributed by atoms with Gasteiger partial charge in [-0.25, -0.2) is 8.42 Å². The molecule has 0 saturated carbocycles. The quantitative estimate of drug-likeness (QED) is 0.570. The fourth-order valence-corrected chi connectivity index (χ4v) is 3.53. The summed E-state index contributed by atoms with van der Waals surface area (Å²) >= 11 is 0. The smallest absolute Gasteiger partial charge is 0.303 e. The van der Waals surface area contributed by atoms with Gasteiger partial charge in [0.1, 0.15) is 0 Å². The van der Waals surface area contributed by atoms with Crippen molar-refractivity contribution in [3.05, 3.63) is 59.7 Å². The third-order valence-electron chi connectivity index (χ3n) is 3.78. The van der Waals surface area contributed by atoms with E-state index in [1.165, 1.54) is 24.3 Å². The van der Waals surface area contributed by atoms with Gasteiger partial charge in [-0.05, 0) is 55.7 Å². The van der Waals surface area contributed by atoms with Crippen molar-refractivity contribution in [2.45, 2.75) is 31.1 Å². The molecule has 0 heterocycles. The van der Waals surface area contributed by atoms with Gasteiger partial charge in [0.2, 0.25) is 0 Å². The average molecular weight is 390 g/mol. The van der Waals surface area contributed by atoms with Gasteiger partial charge in [-0.2, -0.15) is 0 Å². The van der Waals surface area contributed by atoms with E-state index in [1.807, 2.05) is 13.0 Å². The summed E-state index contributed by atoms with van der Waals surface area (Å²) in [7, 11) is -3.82. The van der Waals surface area contributed by atoms with Crippen LogP contribution in [0.25, 0.3) is 0 Å². The SMILES string of the molecule is Cc1cccc(NS(=O)(=O)c2cccc(C(=O)NCCCCC(=O)O)c2)c1. The second-order valence-electron chi connectivity index (χ2n) is 6.11. The van der Waals surface area contributed by atoms with Crippen molar-refractivity contribution in [1.82, 2.24) is 5.32 Å². The maximum absolute atomic E-state index is 12.6. The van der Waals surface area contributed by atoms with Gasteiger partial charge in [0.25, 0.3) is 15.9 Å². The van der Waals surface area contributed by atoms with Crippen molar-refractivity contribution >= 4 is 27.6 Å². The van der Waals surface area contributed by atoms with Crippen LogP contribution in [0.5, 0.6) is 0 Å². The van der Waals surface area contributed by atoms with Crippen LogP contribution in [0.4, 0.5) is 5.69 Å². The first-order valence-electron chi connectivity index (χ1n) is 8.47. The van der Waals surface area contributed by atoms with Crippen LogP contribution in [0.1, 0.15) is 35.2 Å². The average Bonchev–Trinajstić information content (AvgIpc) is 2.61. The Hall–Kier alpha value is -2.87. The number of unbranched alkanes of at least 4 members (excludes halogenated alkanes) is 1. The molecule has 0 spiro atoms. The van der Waals surface area contributed by atoms with Crippen molar-refractivity contribution in [2.24, 2.45) is 0 Å². The fourth-order valence-electron chi connectivity index (χ4n) is 2.43. The minimum Gasteiger partial charge on any atom is -0.481 e. The number of rotatable bonds is 9. The Kier molecular flexibility index (Phi) is 6.95. The first kappa shape index (κ1) is 20.4. The van der Waals surface area contributed by atoms with Gasteiger partial charge in [0, 0.05) is 24.2 Å². The summed E-state index contributed by atoms with van der Waals surface area (Å²) < 4.78 is 27.6. The second-order valence-corrected chi connectivity index (χ2v) is 7.79. The van der Waals surface area contributed by atoms with Crippen LogP contribution in [-0.4, -0.2) is 31.9 Å². The van der Waals surface area contributed by atoms with Gasteiger partial charge in [-0.15, -0.1) is 0 Å². The Bertz CT molecular complexity index is 925. The van der Waals surface area contributed by atoms with E-state index in [0.717, 1.165) is 5.56 Å². The third-order valence-corrected chi connectivity index (χ3v) is 5.16. The molecule has 0 aliphatic heterocycles. The van der Waals surface area contributed by atoms with Crippen LogP contribution in [0.2, 0.25) is 0 Å². The normalized spacial score (nSPS) is 11.0. The van der Waals surface area contributed by atoms with Crippen LogP contribution in [0.3, 0.4) is 0 Å². The lowest BCUT2D eigenvalue weighted by Gasteiger charge is -2.10. The number of sulfonamides is 1. The highest BCUT2D eigenvalue weighted by Gasteiger charge is 2.16. The summed E-state index contributed by atoms with van der Waals surface area (Å²) in [5, 5.41) is 11.2. The standard InChI is InChI=1S/C19H22N2O5S/c1-14-6-4-8-16(12-14)21-27(25,26)17-9-5-7-15(13-17)19(24)20-11-3-2-10-18(22)23/h4-9,12-13,21H,2-3,10-11H2,1H3,(H,20,24)(H,22,23). The van der Waals surface area contributed by atoms with Crippen molar-refractivity contribution in [2.75, 3.05) is 11.3 Å². The molecule has 2 aromatic rings. The molecule has 0 aliphatic rings. The zero-order chi connectivity index (χ0) is 19.9. The lowest BCUT2D eigenvalue weighted by molar-refractivity contribution is -0.137. The topological polar surface area (TPSA) is 113 Å². The minimum absolute atomic E-state index is 0.0115. The van der Waals surface area contributed by atoms with Gasteiger partial charge < -0.3 is 10.4 Å². The van der Waals surface area contributed by atoms with Gasteiger partial charge in [-0.3, -0.25) is 14.3 Å². The summed E-state index contributed by atoms with van der Waals surface area (Å²) in [6.07, 6.45) is 1.05. The summed E-state index contributed by atoms with van der Waals surface area (Å²) in [5.74, 6) is -1.28. The molecular weight excluding hydrogens is 368 g/mol. The number of hydrogen-bond donors (Lipinski definition) is 3. The van der Waals surface area contributed by atoms with Crippen molar-refractivity contribution in [3.8, 4) is 0 Å². The summed E-state index contributed by atoms with van der Waals surface area (Å²) in [6, 6.07) is 12.7. The highest BCUT2D eigenvalue weighted by atomic mass is 32.2. The molecular formula is C19H22N2O5S. The molecule has 2 aromatic carbocycles. The summed E-state index contributed by atoms with van der Waals surface area (Å²) in [6.45, 7) is 2.18. The number of aryl methyl sites for hydroxylation is 1. The number of carboxylic acids is 1. The van der Waals surface area contributed by atoms with E-state index < -0.39 is 21.9 Å². The molecule has 0 radical (unpaired) electrons. The van der Waals surface area contributed by atoms with E-state index in [9.17, 15) is 18.0 Å². The van der Waals surface area contributed by atoms with Crippen LogP contribution in [-0.2, 0) is 14.8 Å². The molecule has 0 atom stereocenters. The second kappa shape index (κ2) is 9.18. The lowest BCUT2D eigenvalue weighted by Crippen LogP contribution is -2.25. The van der Waals surface area contributed by atoms with E-state index in [0.29, 0.717) is 25.1 Å². The molecule has 8 heteroatoms. The highest BCUT2D eigenvalue weighted by molar-refractivity contribution is 7.92. The van der Waals surface area contributed by atoms with E-state index >= 15 is 0 Å². The zero-order valence-electron chi connectivity index (χ0n) is 14.9. The zero-order valence-corrected chi connectivity index (χ0v) is 15.8. The third kappa shape index (κ3) is 6.41. The predicted molar refractivity (Wildman–Crippen MR) is 102 cm³/mol. The van der Waals surface area contributed by atoms with E-state index in [2.05, 4.69) is 10.0 Å². The first-order valence-corrected chi connectivity index (χ1v) is 9.96.